The predicted octanol–water partition coefficient (Wildman–Crippen LogP) is 2.26. The number of aromatic nitrogens is 1. The Balaban J connectivity index is 1.49. The number of benzene rings is 1. The number of amides is 4. The lowest BCUT2D eigenvalue weighted by molar-refractivity contribution is -0.143. The van der Waals surface area contributed by atoms with Gasteiger partial charge in [0.25, 0.3) is 5.91 Å². The molecular weight excluding hydrogens is 422 g/mol. The van der Waals surface area contributed by atoms with E-state index in [1.165, 1.54) is 17.0 Å². The summed E-state index contributed by atoms with van der Waals surface area (Å²) >= 11 is 0. The topological polar surface area (TPSA) is 91.8 Å². The minimum absolute atomic E-state index is 0.117. The van der Waals surface area contributed by atoms with Crippen LogP contribution in [0.2, 0.25) is 0 Å². The molecule has 10 heteroatoms. The average molecular weight is 444 g/mol. The molecule has 1 N–H and O–H groups in total. The lowest BCUT2D eigenvalue weighted by atomic mass is 10.1. The molecule has 1 aromatic carbocycles. The third-order valence-corrected chi connectivity index (χ3v) is 5.48. The lowest BCUT2D eigenvalue weighted by Gasteiger charge is -2.33. The number of carbonyl (C=O) groups is 3. The first-order valence-electron chi connectivity index (χ1n) is 10.1. The van der Waals surface area contributed by atoms with Crippen molar-refractivity contribution in [2.75, 3.05) is 26.2 Å². The Morgan fingerprint density at radius 3 is 2.53 bits per heavy atom. The second-order valence-electron chi connectivity index (χ2n) is 8.19. The van der Waals surface area contributed by atoms with Crippen LogP contribution in [-0.2, 0) is 14.3 Å². The fraction of sp³-hybridized carbons (Fsp3) is 0.364. The van der Waals surface area contributed by atoms with Gasteiger partial charge in [0.15, 0.2) is 0 Å². The van der Waals surface area contributed by atoms with Crippen molar-refractivity contribution in [3.63, 3.8) is 0 Å². The Morgan fingerprint density at radius 1 is 1.19 bits per heavy atom. The van der Waals surface area contributed by atoms with Crippen LogP contribution in [0.25, 0.3) is 11.3 Å². The first kappa shape index (κ1) is 21.8. The highest BCUT2D eigenvalue weighted by Crippen LogP contribution is 2.28. The van der Waals surface area contributed by atoms with E-state index in [4.69, 9.17) is 4.74 Å². The van der Waals surface area contributed by atoms with Crippen LogP contribution >= 0.6 is 0 Å². The molecule has 0 bridgehead atoms. The number of nitrogens with one attached hydrogen (secondary N) is 1. The standard InChI is InChI=1S/C22H22F2N4O4/c1-22(2)20(30)28(21(31)26-22)12-18(29)27-9-10-32-17(11-27)15-7-4-8-16(25-15)19-13(23)5-3-6-14(19)24/h3-8,17H,9-12H2,1-2H3,(H,26,31)/t17-/m1/s1. The van der Waals surface area contributed by atoms with Gasteiger partial charge in [0, 0.05) is 6.54 Å². The summed E-state index contributed by atoms with van der Waals surface area (Å²) in [6.45, 7) is 3.38. The van der Waals surface area contributed by atoms with Crippen LogP contribution in [0.4, 0.5) is 13.6 Å². The molecular formula is C22H22F2N4O4. The van der Waals surface area contributed by atoms with Gasteiger partial charge in [-0.15, -0.1) is 0 Å². The molecule has 0 aliphatic carbocycles. The van der Waals surface area contributed by atoms with Crippen molar-refractivity contribution in [3.8, 4) is 11.3 Å². The first-order chi connectivity index (χ1) is 15.2. The fourth-order valence-electron chi connectivity index (χ4n) is 3.76. The van der Waals surface area contributed by atoms with E-state index >= 15 is 0 Å². The summed E-state index contributed by atoms with van der Waals surface area (Å²) in [4.78, 5) is 43.9. The van der Waals surface area contributed by atoms with Crippen LogP contribution in [0.1, 0.15) is 25.6 Å². The Morgan fingerprint density at radius 2 is 1.88 bits per heavy atom. The number of halogens is 2. The molecule has 0 spiro atoms. The van der Waals surface area contributed by atoms with Gasteiger partial charge in [-0.2, -0.15) is 0 Å². The molecule has 2 fully saturated rings. The molecule has 2 saturated heterocycles. The van der Waals surface area contributed by atoms with Crippen molar-refractivity contribution in [3.05, 3.63) is 53.7 Å². The highest BCUT2D eigenvalue weighted by Gasteiger charge is 2.45. The van der Waals surface area contributed by atoms with Gasteiger partial charge in [-0.3, -0.25) is 14.5 Å². The molecule has 4 amide bonds. The Labute approximate surface area is 183 Å². The zero-order chi connectivity index (χ0) is 23.0. The number of carbonyl (C=O) groups excluding carboxylic acids is 3. The zero-order valence-electron chi connectivity index (χ0n) is 17.6. The van der Waals surface area contributed by atoms with E-state index in [0.29, 0.717) is 5.69 Å². The van der Waals surface area contributed by atoms with E-state index in [1.807, 2.05) is 0 Å². The average Bonchev–Trinajstić information content (AvgIpc) is 2.95. The molecule has 3 heterocycles. The summed E-state index contributed by atoms with van der Waals surface area (Å²) in [5.41, 5.74) is -0.762. The molecule has 2 aromatic rings. The highest BCUT2D eigenvalue weighted by molar-refractivity contribution is 6.08. The lowest BCUT2D eigenvalue weighted by Crippen LogP contribution is -2.48. The molecule has 32 heavy (non-hydrogen) atoms. The summed E-state index contributed by atoms with van der Waals surface area (Å²) in [7, 11) is 0. The summed E-state index contributed by atoms with van der Waals surface area (Å²) in [6, 6.07) is 7.74. The van der Waals surface area contributed by atoms with Crippen molar-refractivity contribution in [1.29, 1.82) is 0 Å². The molecule has 2 aliphatic rings. The number of hydrogen-bond donors (Lipinski definition) is 1. The summed E-state index contributed by atoms with van der Waals surface area (Å²) in [5.74, 6) is -2.34. The third kappa shape index (κ3) is 4.05. The molecule has 0 radical (unpaired) electrons. The Hall–Kier alpha value is -3.40. The maximum atomic E-state index is 14.2. The Bertz CT molecular complexity index is 1070. The van der Waals surface area contributed by atoms with Gasteiger partial charge in [-0.1, -0.05) is 12.1 Å². The zero-order valence-corrected chi connectivity index (χ0v) is 17.6. The SMILES string of the molecule is CC1(C)NC(=O)N(CC(=O)N2CCO[C@@H](c3cccc(-c4c(F)cccc4F)n3)C2)C1=O. The van der Waals surface area contributed by atoms with E-state index in [1.54, 1.807) is 26.0 Å². The van der Waals surface area contributed by atoms with Gasteiger partial charge < -0.3 is 15.0 Å². The number of nitrogens with zero attached hydrogens (tertiary/aromatic N) is 3. The number of ether oxygens (including phenoxy) is 1. The van der Waals surface area contributed by atoms with E-state index in [2.05, 4.69) is 10.3 Å². The van der Waals surface area contributed by atoms with Gasteiger partial charge in [-0.25, -0.2) is 18.6 Å². The first-order valence-corrected chi connectivity index (χ1v) is 10.1. The molecule has 1 aromatic heterocycles. The van der Waals surface area contributed by atoms with Crippen LogP contribution in [-0.4, -0.2) is 64.4 Å². The largest absolute Gasteiger partial charge is 0.368 e. The number of imide groups is 1. The highest BCUT2D eigenvalue weighted by atomic mass is 19.1. The van der Waals surface area contributed by atoms with E-state index < -0.39 is 41.1 Å². The summed E-state index contributed by atoms with van der Waals surface area (Å²) < 4.78 is 34.1. The van der Waals surface area contributed by atoms with Gasteiger partial charge >= 0.3 is 6.03 Å². The van der Waals surface area contributed by atoms with Crippen LogP contribution < -0.4 is 5.32 Å². The van der Waals surface area contributed by atoms with Crippen molar-refractivity contribution in [2.24, 2.45) is 0 Å². The van der Waals surface area contributed by atoms with E-state index in [-0.39, 0.29) is 37.5 Å². The molecule has 168 valence electrons. The normalized spacial score (nSPS) is 20.4. The van der Waals surface area contributed by atoms with Crippen molar-refractivity contribution in [1.82, 2.24) is 20.1 Å². The van der Waals surface area contributed by atoms with Crippen LogP contribution in [0.15, 0.2) is 36.4 Å². The Kier molecular flexibility index (Phi) is 5.64. The maximum Gasteiger partial charge on any atom is 0.325 e. The monoisotopic (exact) mass is 444 g/mol. The van der Waals surface area contributed by atoms with Crippen molar-refractivity contribution >= 4 is 17.8 Å². The molecule has 2 aliphatic heterocycles. The van der Waals surface area contributed by atoms with Crippen LogP contribution in [0.3, 0.4) is 0 Å². The van der Waals surface area contributed by atoms with E-state index in [9.17, 15) is 23.2 Å². The van der Waals surface area contributed by atoms with Gasteiger partial charge in [0.1, 0.15) is 29.8 Å². The minimum Gasteiger partial charge on any atom is -0.368 e. The van der Waals surface area contributed by atoms with Crippen molar-refractivity contribution in [2.45, 2.75) is 25.5 Å². The smallest absolute Gasteiger partial charge is 0.325 e. The minimum atomic E-state index is -1.06. The second-order valence-corrected chi connectivity index (χ2v) is 8.19. The van der Waals surface area contributed by atoms with Crippen molar-refractivity contribution < 1.29 is 27.9 Å². The number of urea groups is 1. The molecule has 0 saturated carbocycles. The quantitative estimate of drug-likeness (QED) is 0.731. The number of pyridine rings is 1. The number of rotatable bonds is 4. The molecule has 0 unspecified atom stereocenters. The predicted molar refractivity (Wildman–Crippen MR) is 109 cm³/mol. The van der Waals surface area contributed by atoms with Gasteiger partial charge in [0.2, 0.25) is 5.91 Å². The van der Waals surface area contributed by atoms with Crippen LogP contribution in [0, 0.1) is 11.6 Å². The fourth-order valence-corrected chi connectivity index (χ4v) is 3.76. The maximum absolute atomic E-state index is 14.2. The van der Waals surface area contributed by atoms with Crippen LogP contribution in [0.5, 0.6) is 0 Å². The summed E-state index contributed by atoms with van der Waals surface area (Å²) in [6.07, 6.45) is -0.623. The number of hydrogen-bond acceptors (Lipinski definition) is 5. The van der Waals surface area contributed by atoms with Gasteiger partial charge in [-0.05, 0) is 38.1 Å². The molecule has 4 rings (SSSR count). The third-order valence-electron chi connectivity index (χ3n) is 5.48. The number of morpholine rings is 1. The second kappa shape index (κ2) is 8.27. The van der Waals surface area contributed by atoms with Gasteiger partial charge in [0.05, 0.1) is 30.1 Å². The summed E-state index contributed by atoms with van der Waals surface area (Å²) in [5, 5.41) is 2.54. The molecule has 1 atom stereocenters. The van der Waals surface area contributed by atoms with E-state index in [0.717, 1.165) is 17.0 Å². The molecule has 8 nitrogen and oxygen atoms in total.